The maximum atomic E-state index is 12.7. The number of likely N-dealkylation sites (tertiary alicyclic amines) is 1. The first kappa shape index (κ1) is 16.9. The number of carbonyl (C=O) groups is 1. The third-order valence-corrected chi connectivity index (χ3v) is 4.62. The first-order chi connectivity index (χ1) is 11.6. The van der Waals surface area contributed by atoms with Crippen LogP contribution in [0, 0.1) is 0 Å². The van der Waals surface area contributed by atoms with E-state index in [1.165, 1.54) is 6.42 Å². The number of aromatic nitrogens is 3. The van der Waals surface area contributed by atoms with Gasteiger partial charge in [-0.15, -0.1) is 0 Å². The lowest BCUT2D eigenvalue weighted by Crippen LogP contribution is -2.47. The van der Waals surface area contributed by atoms with Gasteiger partial charge in [0.2, 0.25) is 5.91 Å². The highest BCUT2D eigenvalue weighted by atomic mass is 16.2. The summed E-state index contributed by atoms with van der Waals surface area (Å²) in [5.74, 6) is 0.0838. The third-order valence-electron chi connectivity index (χ3n) is 4.62. The van der Waals surface area contributed by atoms with Gasteiger partial charge in [-0.1, -0.05) is 13.3 Å². The van der Waals surface area contributed by atoms with Crippen molar-refractivity contribution < 1.29 is 4.79 Å². The van der Waals surface area contributed by atoms with Crippen molar-refractivity contribution in [2.24, 2.45) is 0 Å². The molecule has 0 saturated carbocycles. The highest BCUT2D eigenvalue weighted by Gasteiger charge is 2.28. The van der Waals surface area contributed by atoms with Gasteiger partial charge in [-0.05, 0) is 52.3 Å². The molecule has 0 unspecified atom stereocenters. The van der Waals surface area contributed by atoms with Crippen LogP contribution >= 0.6 is 0 Å². The topological polar surface area (TPSA) is 63.1 Å². The average molecular weight is 329 g/mol. The number of amides is 1. The Bertz CT molecular complexity index is 706. The number of rotatable bonds is 5. The van der Waals surface area contributed by atoms with Crippen LogP contribution in [-0.2, 0) is 4.79 Å². The van der Waals surface area contributed by atoms with E-state index in [1.54, 1.807) is 6.20 Å². The van der Waals surface area contributed by atoms with Gasteiger partial charge in [0, 0.05) is 11.4 Å². The molecule has 2 aromatic rings. The SMILES string of the molecule is CCCN1CCCC[C@H]1C(=O)Nc1cnc2c(cnn2C(C)C)c1. The second-order valence-electron chi connectivity index (χ2n) is 6.86. The maximum Gasteiger partial charge on any atom is 0.241 e. The summed E-state index contributed by atoms with van der Waals surface area (Å²) in [6.45, 7) is 8.32. The highest BCUT2D eigenvalue weighted by Crippen LogP contribution is 2.22. The summed E-state index contributed by atoms with van der Waals surface area (Å²) in [6.07, 6.45) is 7.86. The van der Waals surface area contributed by atoms with Crippen LogP contribution in [0.3, 0.4) is 0 Å². The fourth-order valence-corrected chi connectivity index (χ4v) is 3.45. The van der Waals surface area contributed by atoms with E-state index in [9.17, 15) is 4.79 Å². The van der Waals surface area contributed by atoms with Crippen molar-refractivity contribution in [1.29, 1.82) is 0 Å². The normalized spacial score (nSPS) is 19.1. The number of nitrogens with zero attached hydrogens (tertiary/aromatic N) is 4. The molecular formula is C18H27N5O. The minimum atomic E-state index is -0.0206. The van der Waals surface area contributed by atoms with Crippen molar-refractivity contribution >= 4 is 22.6 Å². The van der Waals surface area contributed by atoms with E-state index in [0.29, 0.717) is 0 Å². The van der Waals surface area contributed by atoms with Gasteiger partial charge in [0.1, 0.15) is 0 Å². The summed E-state index contributed by atoms with van der Waals surface area (Å²) in [4.78, 5) is 19.5. The standard InChI is InChI=1S/C18H27N5O/c1-4-8-22-9-6-5-7-16(22)18(24)21-15-10-14-11-20-23(13(2)3)17(14)19-12-15/h10-13,16H,4-9H2,1-3H3,(H,21,24)/t16-/m0/s1. The lowest BCUT2D eigenvalue weighted by Gasteiger charge is -2.34. The van der Waals surface area contributed by atoms with Crippen LogP contribution in [0.1, 0.15) is 52.5 Å². The Morgan fingerprint density at radius 3 is 2.96 bits per heavy atom. The Labute approximate surface area is 143 Å². The van der Waals surface area contributed by atoms with Crippen LogP contribution in [0.4, 0.5) is 5.69 Å². The Kier molecular flexibility index (Phi) is 5.14. The Morgan fingerprint density at radius 2 is 2.21 bits per heavy atom. The Hall–Kier alpha value is -1.95. The fourth-order valence-electron chi connectivity index (χ4n) is 3.45. The number of carbonyl (C=O) groups excluding carboxylic acids is 1. The lowest BCUT2D eigenvalue weighted by atomic mass is 10.0. The van der Waals surface area contributed by atoms with Crippen LogP contribution in [-0.4, -0.2) is 44.7 Å². The van der Waals surface area contributed by atoms with Gasteiger partial charge in [-0.25, -0.2) is 9.67 Å². The minimum Gasteiger partial charge on any atom is -0.323 e. The van der Waals surface area contributed by atoms with Gasteiger partial charge in [0.05, 0.1) is 24.1 Å². The summed E-state index contributed by atoms with van der Waals surface area (Å²) >= 11 is 0. The molecule has 0 aliphatic carbocycles. The van der Waals surface area contributed by atoms with Crippen LogP contribution in [0.5, 0.6) is 0 Å². The number of hydrogen-bond donors (Lipinski definition) is 1. The molecular weight excluding hydrogens is 302 g/mol. The van der Waals surface area contributed by atoms with Crippen LogP contribution < -0.4 is 5.32 Å². The molecule has 6 nitrogen and oxygen atoms in total. The Morgan fingerprint density at radius 1 is 1.38 bits per heavy atom. The zero-order chi connectivity index (χ0) is 17.1. The molecule has 1 saturated heterocycles. The molecule has 2 aromatic heterocycles. The van der Waals surface area contributed by atoms with Crippen molar-refractivity contribution in [2.45, 2.75) is 58.5 Å². The zero-order valence-corrected chi connectivity index (χ0v) is 14.8. The van der Waals surface area contributed by atoms with E-state index in [0.717, 1.165) is 49.1 Å². The van der Waals surface area contributed by atoms with Gasteiger partial charge in [0.25, 0.3) is 0 Å². The first-order valence-corrected chi connectivity index (χ1v) is 8.98. The van der Waals surface area contributed by atoms with Gasteiger partial charge in [-0.2, -0.15) is 5.10 Å². The van der Waals surface area contributed by atoms with E-state index in [1.807, 2.05) is 16.9 Å². The fraction of sp³-hybridized carbons (Fsp3) is 0.611. The quantitative estimate of drug-likeness (QED) is 0.915. The molecule has 1 aliphatic rings. The van der Waals surface area contributed by atoms with E-state index in [-0.39, 0.29) is 18.0 Å². The van der Waals surface area contributed by atoms with Crippen molar-refractivity contribution in [3.05, 3.63) is 18.5 Å². The number of piperidine rings is 1. The van der Waals surface area contributed by atoms with E-state index < -0.39 is 0 Å². The molecule has 0 bridgehead atoms. The van der Waals surface area contributed by atoms with Crippen molar-refractivity contribution in [3.8, 4) is 0 Å². The van der Waals surface area contributed by atoms with E-state index in [4.69, 9.17) is 0 Å². The zero-order valence-electron chi connectivity index (χ0n) is 14.8. The second kappa shape index (κ2) is 7.30. The molecule has 0 radical (unpaired) electrons. The lowest BCUT2D eigenvalue weighted by molar-refractivity contribution is -0.122. The number of hydrogen-bond acceptors (Lipinski definition) is 4. The number of fused-ring (bicyclic) bond motifs is 1. The van der Waals surface area contributed by atoms with Crippen LogP contribution in [0.2, 0.25) is 0 Å². The summed E-state index contributed by atoms with van der Waals surface area (Å²) in [5, 5.41) is 8.38. The van der Waals surface area contributed by atoms with E-state index >= 15 is 0 Å². The number of pyridine rings is 1. The largest absolute Gasteiger partial charge is 0.323 e. The molecule has 3 heterocycles. The van der Waals surface area contributed by atoms with Crippen molar-refractivity contribution in [2.75, 3.05) is 18.4 Å². The summed E-state index contributed by atoms with van der Waals surface area (Å²) in [6, 6.07) is 2.20. The van der Waals surface area contributed by atoms with Gasteiger partial charge in [0.15, 0.2) is 5.65 Å². The molecule has 0 aromatic carbocycles. The van der Waals surface area contributed by atoms with Crippen LogP contribution in [0.25, 0.3) is 11.0 Å². The predicted molar refractivity (Wildman–Crippen MR) is 96.0 cm³/mol. The van der Waals surface area contributed by atoms with Gasteiger partial charge < -0.3 is 5.32 Å². The van der Waals surface area contributed by atoms with Crippen LogP contribution in [0.15, 0.2) is 18.5 Å². The van der Waals surface area contributed by atoms with E-state index in [2.05, 4.69) is 41.1 Å². The molecule has 1 aliphatic heterocycles. The molecule has 0 spiro atoms. The average Bonchev–Trinajstić information content (AvgIpc) is 2.99. The minimum absolute atomic E-state index is 0.0206. The third kappa shape index (κ3) is 3.43. The molecule has 1 atom stereocenters. The molecule has 1 fully saturated rings. The molecule has 24 heavy (non-hydrogen) atoms. The molecule has 1 N–H and O–H groups in total. The number of anilines is 1. The summed E-state index contributed by atoms with van der Waals surface area (Å²) in [5.41, 5.74) is 1.60. The first-order valence-electron chi connectivity index (χ1n) is 8.98. The molecule has 6 heteroatoms. The predicted octanol–water partition coefficient (Wildman–Crippen LogP) is 3.22. The number of nitrogens with one attached hydrogen (secondary N) is 1. The van der Waals surface area contributed by atoms with Crippen molar-refractivity contribution in [3.63, 3.8) is 0 Å². The maximum absolute atomic E-state index is 12.7. The Balaban J connectivity index is 1.75. The molecule has 130 valence electrons. The summed E-state index contributed by atoms with van der Waals surface area (Å²) in [7, 11) is 0. The van der Waals surface area contributed by atoms with Gasteiger partial charge in [-0.3, -0.25) is 9.69 Å². The summed E-state index contributed by atoms with van der Waals surface area (Å²) < 4.78 is 1.89. The van der Waals surface area contributed by atoms with Gasteiger partial charge >= 0.3 is 0 Å². The molecule has 3 rings (SSSR count). The monoisotopic (exact) mass is 329 g/mol. The second-order valence-corrected chi connectivity index (χ2v) is 6.86. The highest BCUT2D eigenvalue weighted by molar-refractivity contribution is 5.96. The van der Waals surface area contributed by atoms with Crippen molar-refractivity contribution in [1.82, 2.24) is 19.7 Å². The smallest absolute Gasteiger partial charge is 0.241 e. The molecule has 1 amide bonds.